The summed E-state index contributed by atoms with van der Waals surface area (Å²) in [5.41, 5.74) is 3.65. The fraction of sp³-hybridized carbons (Fsp3) is 0.538. The predicted octanol–water partition coefficient (Wildman–Crippen LogP) is 2.72. The number of rotatable bonds is 1. The van der Waals surface area contributed by atoms with E-state index < -0.39 is 5.60 Å². The minimum Gasteiger partial charge on any atom is -0.385 e. The molecule has 14 heavy (non-hydrogen) atoms. The monoisotopic (exact) mass is 188 g/mol. The summed E-state index contributed by atoms with van der Waals surface area (Å²) in [5.74, 6) is 0.687. The molecule has 0 aromatic heterocycles. The molecular weight excluding hydrogens is 172 g/mol. The van der Waals surface area contributed by atoms with Gasteiger partial charge in [-0.25, -0.2) is 0 Å². The quantitative estimate of drug-likeness (QED) is 0.718. The molecule has 74 valence electrons. The third-order valence-electron chi connectivity index (χ3n) is 3.78. The molecule has 1 aromatic carbocycles. The van der Waals surface area contributed by atoms with Gasteiger partial charge in [0.05, 0.1) is 5.60 Å². The molecule has 0 bridgehead atoms. The lowest BCUT2D eigenvalue weighted by Crippen LogP contribution is -2.05. The largest absolute Gasteiger partial charge is 0.385 e. The molecule has 0 spiro atoms. The summed E-state index contributed by atoms with van der Waals surface area (Å²) in [5, 5.41) is 10.0. The van der Waals surface area contributed by atoms with Gasteiger partial charge in [-0.1, -0.05) is 25.1 Å². The minimum atomic E-state index is -0.461. The van der Waals surface area contributed by atoms with Crippen molar-refractivity contribution >= 4 is 0 Å². The summed E-state index contributed by atoms with van der Waals surface area (Å²) in [6.45, 7) is 2.28. The maximum absolute atomic E-state index is 10.0. The van der Waals surface area contributed by atoms with Crippen LogP contribution < -0.4 is 0 Å². The van der Waals surface area contributed by atoms with Gasteiger partial charge in [0, 0.05) is 0 Å². The van der Waals surface area contributed by atoms with Crippen LogP contribution >= 0.6 is 0 Å². The van der Waals surface area contributed by atoms with Gasteiger partial charge >= 0.3 is 0 Å². The Labute approximate surface area is 84.8 Å². The summed E-state index contributed by atoms with van der Waals surface area (Å²) < 4.78 is 0. The maximum atomic E-state index is 10.0. The van der Waals surface area contributed by atoms with Crippen LogP contribution in [-0.4, -0.2) is 5.11 Å². The van der Waals surface area contributed by atoms with Gasteiger partial charge in [-0.2, -0.15) is 0 Å². The van der Waals surface area contributed by atoms with Gasteiger partial charge in [0.1, 0.15) is 0 Å². The molecule has 0 saturated heterocycles. The van der Waals surface area contributed by atoms with Gasteiger partial charge in [-0.15, -0.1) is 0 Å². The maximum Gasteiger partial charge on any atom is 0.0899 e. The Balaban J connectivity index is 2.06. The van der Waals surface area contributed by atoms with Gasteiger partial charge in [0.2, 0.25) is 0 Å². The van der Waals surface area contributed by atoms with Crippen LogP contribution in [0, 0.1) is 0 Å². The number of benzene rings is 1. The zero-order chi connectivity index (χ0) is 9.76. The second kappa shape index (κ2) is 2.60. The normalized spacial score (nSPS) is 27.4. The van der Waals surface area contributed by atoms with E-state index in [1.54, 1.807) is 0 Å². The number of fused-ring (bicyclic) bond motifs is 1. The number of hydrogen-bond acceptors (Lipinski definition) is 1. The Bertz CT molecular complexity index is 377. The lowest BCUT2D eigenvalue weighted by Gasteiger charge is -2.11. The Morgan fingerprint density at radius 1 is 1.36 bits per heavy atom. The highest BCUT2D eigenvalue weighted by Crippen LogP contribution is 2.47. The third-order valence-corrected chi connectivity index (χ3v) is 3.78. The predicted molar refractivity (Wildman–Crippen MR) is 56.3 cm³/mol. The number of hydrogen-bond donors (Lipinski definition) is 1. The van der Waals surface area contributed by atoms with Crippen LogP contribution in [0.2, 0.25) is 0 Å². The SMILES string of the molecule is CC1CCc2ccc(C3(O)CC3)cc21. The van der Waals surface area contributed by atoms with Gasteiger partial charge in [0.15, 0.2) is 0 Å². The van der Waals surface area contributed by atoms with Gasteiger partial charge in [-0.3, -0.25) is 0 Å². The first-order chi connectivity index (χ1) is 6.69. The molecule has 0 amide bonds. The van der Waals surface area contributed by atoms with E-state index in [-0.39, 0.29) is 0 Å². The molecule has 1 heteroatoms. The number of aliphatic hydroxyl groups is 1. The molecule has 0 radical (unpaired) electrons. The Hall–Kier alpha value is -0.820. The van der Waals surface area contributed by atoms with Crippen molar-refractivity contribution in [1.29, 1.82) is 0 Å². The topological polar surface area (TPSA) is 20.2 Å². The second-order valence-electron chi connectivity index (χ2n) is 4.88. The van der Waals surface area contributed by atoms with E-state index in [4.69, 9.17) is 0 Å². The molecule has 1 nitrogen and oxygen atoms in total. The molecule has 1 fully saturated rings. The van der Waals surface area contributed by atoms with Crippen molar-refractivity contribution in [2.75, 3.05) is 0 Å². The van der Waals surface area contributed by atoms with Crippen molar-refractivity contribution in [3.63, 3.8) is 0 Å². The van der Waals surface area contributed by atoms with Crippen molar-refractivity contribution in [3.05, 3.63) is 34.9 Å². The van der Waals surface area contributed by atoms with Gasteiger partial charge < -0.3 is 5.11 Å². The van der Waals surface area contributed by atoms with Crippen LogP contribution in [-0.2, 0) is 12.0 Å². The fourth-order valence-electron chi connectivity index (χ4n) is 2.51. The molecule has 0 aliphatic heterocycles. The molecule has 2 aliphatic carbocycles. The summed E-state index contributed by atoms with van der Waals surface area (Å²) in [7, 11) is 0. The van der Waals surface area contributed by atoms with Crippen LogP contribution in [0.1, 0.15) is 48.8 Å². The van der Waals surface area contributed by atoms with E-state index in [1.165, 1.54) is 24.0 Å². The van der Waals surface area contributed by atoms with E-state index >= 15 is 0 Å². The zero-order valence-corrected chi connectivity index (χ0v) is 8.59. The van der Waals surface area contributed by atoms with Crippen LogP contribution in [0.4, 0.5) is 0 Å². The fourth-order valence-corrected chi connectivity index (χ4v) is 2.51. The second-order valence-corrected chi connectivity index (χ2v) is 4.88. The molecule has 1 saturated carbocycles. The zero-order valence-electron chi connectivity index (χ0n) is 8.59. The van der Waals surface area contributed by atoms with Gasteiger partial charge in [-0.05, 0) is 48.3 Å². The molecule has 1 aromatic rings. The highest BCUT2D eigenvalue weighted by Gasteiger charge is 2.42. The molecule has 0 heterocycles. The van der Waals surface area contributed by atoms with Gasteiger partial charge in [0.25, 0.3) is 0 Å². The van der Waals surface area contributed by atoms with Crippen molar-refractivity contribution in [3.8, 4) is 0 Å². The summed E-state index contributed by atoms with van der Waals surface area (Å²) in [4.78, 5) is 0. The molecule has 1 unspecified atom stereocenters. The van der Waals surface area contributed by atoms with E-state index in [9.17, 15) is 5.11 Å². The third kappa shape index (κ3) is 1.12. The van der Waals surface area contributed by atoms with Crippen LogP contribution in [0.25, 0.3) is 0 Å². The highest BCUT2D eigenvalue weighted by atomic mass is 16.3. The van der Waals surface area contributed by atoms with Crippen molar-refractivity contribution < 1.29 is 5.11 Å². The Morgan fingerprint density at radius 3 is 2.86 bits per heavy atom. The molecular formula is C13H16O. The van der Waals surface area contributed by atoms with E-state index in [0.29, 0.717) is 5.92 Å². The van der Waals surface area contributed by atoms with Crippen LogP contribution in [0.15, 0.2) is 18.2 Å². The molecule has 2 aliphatic rings. The van der Waals surface area contributed by atoms with E-state index in [2.05, 4.69) is 25.1 Å². The van der Waals surface area contributed by atoms with Crippen molar-refractivity contribution in [2.45, 2.75) is 44.1 Å². The summed E-state index contributed by atoms with van der Waals surface area (Å²) in [6, 6.07) is 6.56. The first-order valence-electron chi connectivity index (χ1n) is 5.55. The van der Waals surface area contributed by atoms with E-state index in [1.807, 2.05) is 0 Å². The van der Waals surface area contributed by atoms with Crippen molar-refractivity contribution in [2.24, 2.45) is 0 Å². The van der Waals surface area contributed by atoms with E-state index in [0.717, 1.165) is 18.4 Å². The number of aryl methyl sites for hydroxylation is 1. The minimum absolute atomic E-state index is 0.461. The molecule has 1 atom stereocenters. The molecule has 3 rings (SSSR count). The summed E-state index contributed by atoms with van der Waals surface area (Å²) in [6.07, 6.45) is 4.38. The average Bonchev–Trinajstić information content (AvgIpc) is 2.84. The first-order valence-corrected chi connectivity index (χ1v) is 5.55. The van der Waals surface area contributed by atoms with Crippen LogP contribution in [0.3, 0.4) is 0 Å². The lowest BCUT2D eigenvalue weighted by atomic mass is 9.97. The van der Waals surface area contributed by atoms with Crippen LogP contribution in [0.5, 0.6) is 0 Å². The average molecular weight is 188 g/mol. The van der Waals surface area contributed by atoms with Crippen molar-refractivity contribution in [1.82, 2.24) is 0 Å². The summed E-state index contributed by atoms with van der Waals surface area (Å²) >= 11 is 0. The highest BCUT2D eigenvalue weighted by molar-refractivity contribution is 5.41. The Kier molecular flexibility index (Phi) is 1.58. The standard InChI is InChI=1S/C13H16O/c1-9-2-3-10-4-5-11(8-12(9)10)13(14)6-7-13/h4-5,8-9,14H,2-3,6-7H2,1H3. The smallest absolute Gasteiger partial charge is 0.0899 e. The Morgan fingerprint density at radius 2 is 2.14 bits per heavy atom. The molecule has 1 N–H and O–H groups in total. The first kappa shape index (κ1) is 8.49. The lowest BCUT2D eigenvalue weighted by molar-refractivity contribution is 0.151.